The third-order valence-electron chi connectivity index (χ3n) is 2.71. The first-order valence-corrected chi connectivity index (χ1v) is 5.61. The van der Waals surface area contributed by atoms with Crippen LogP contribution in [0.3, 0.4) is 0 Å². The second kappa shape index (κ2) is 3.69. The average molecular weight is 222 g/mol. The molecule has 1 aromatic rings. The minimum Gasteiger partial charge on any atom is -0.504 e. The maximum absolute atomic E-state index is 10.0. The monoisotopic (exact) mass is 222 g/mol. The van der Waals surface area contributed by atoms with Crippen LogP contribution < -0.4 is 0 Å². The normalized spacial score (nSPS) is 12.9. The van der Waals surface area contributed by atoms with Crippen molar-refractivity contribution in [2.75, 3.05) is 0 Å². The van der Waals surface area contributed by atoms with Gasteiger partial charge in [0.15, 0.2) is 11.5 Å². The summed E-state index contributed by atoms with van der Waals surface area (Å²) in [5.41, 5.74) is 1.68. The van der Waals surface area contributed by atoms with Crippen molar-refractivity contribution in [2.24, 2.45) is 0 Å². The van der Waals surface area contributed by atoms with Crippen molar-refractivity contribution < 1.29 is 10.2 Å². The third-order valence-corrected chi connectivity index (χ3v) is 2.71. The largest absolute Gasteiger partial charge is 0.504 e. The van der Waals surface area contributed by atoms with Gasteiger partial charge >= 0.3 is 0 Å². The van der Waals surface area contributed by atoms with Gasteiger partial charge < -0.3 is 10.2 Å². The van der Waals surface area contributed by atoms with E-state index in [1.807, 2.05) is 26.8 Å². The maximum atomic E-state index is 10.0. The number of benzene rings is 1. The van der Waals surface area contributed by atoms with Crippen LogP contribution in [0.15, 0.2) is 12.1 Å². The summed E-state index contributed by atoms with van der Waals surface area (Å²) in [4.78, 5) is 0. The van der Waals surface area contributed by atoms with Gasteiger partial charge in [-0.1, -0.05) is 47.6 Å². The molecule has 0 aliphatic heterocycles. The van der Waals surface area contributed by atoms with Crippen molar-refractivity contribution in [1.82, 2.24) is 0 Å². The lowest BCUT2D eigenvalue weighted by molar-refractivity contribution is 0.383. The minimum atomic E-state index is -0.189. The summed E-state index contributed by atoms with van der Waals surface area (Å²) < 4.78 is 0. The van der Waals surface area contributed by atoms with Crippen molar-refractivity contribution in [3.63, 3.8) is 0 Å². The van der Waals surface area contributed by atoms with E-state index in [0.29, 0.717) is 0 Å². The molecule has 0 amide bonds. The number of phenolic OH excluding ortho intramolecular Hbond substituents is 2. The average Bonchev–Trinajstić information content (AvgIpc) is 2.05. The molecule has 0 unspecified atom stereocenters. The molecule has 90 valence electrons. The Balaban J connectivity index is 3.59. The molecule has 16 heavy (non-hydrogen) atoms. The Morgan fingerprint density at radius 3 is 1.69 bits per heavy atom. The Kier molecular flexibility index (Phi) is 2.97. The van der Waals surface area contributed by atoms with Crippen LogP contribution in [0.2, 0.25) is 0 Å². The summed E-state index contributed by atoms with van der Waals surface area (Å²) in [7, 11) is 0. The molecular formula is C14H22O2. The predicted octanol–water partition coefficient (Wildman–Crippen LogP) is 3.69. The molecule has 0 spiro atoms. The Bertz CT molecular complexity index is 392. The van der Waals surface area contributed by atoms with Crippen LogP contribution in [0, 0.1) is 0 Å². The Morgan fingerprint density at radius 1 is 0.812 bits per heavy atom. The van der Waals surface area contributed by atoms with E-state index >= 15 is 0 Å². The molecule has 2 heteroatoms. The molecule has 0 aliphatic rings. The van der Waals surface area contributed by atoms with Gasteiger partial charge in [-0.3, -0.25) is 0 Å². The molecule has 2 N–H and O–H groups in total. The molecule has 0 heterocycles. The van der Waals surface area contributed by atoms with Crippen LogP contribution in [0.1, 0.15) is 52.7 Å². The molecule has 1 aromatic carbocycles. The standard InChI is InChI=1S/C14H22O2/c1-13(2,3)9-7-8-10(15)12(16)11(9)14(4,5)6/h7-8,15-16H,1-6H3. The smallest absolute Gasteiger partial charge is 0.161 e. The van der Waals surface area contributed by atoms with Gasteiger partial charge in [0.25, 0.3) is 0 Å². The lowest BCUT2D eigenvalue weighted by Gasteiger charge is -2.30. The highest BCUT2D eigenvalue weighted by atomic mass is 16.3. The van der Waals surface area contributed by atoms with Gasteiger partial charge in [-0.25, -0.2) is 0 Å². The van der Waals surface area contributed by atoms with Crippen molar-refractivity contribution in [1.29, 1.82) is 0 Å². The lowest BCUT2D eigenvalue weighted by atomic mass is 9.74. The summed E-state index contributed by atoms with van der Waals surface area (Å²) in [5, 5.41) is 19.6. The van der Waals surface area contributed by atoms with Crippen molar-refractivity contribution in [3.05, 3.63) is 23.3 Å². The molecule has 0 saturated heterocycles. The molecule has 0 aromatic heterocycles. The van der Waals surface area contributed by atoms with E-state index < -0.39 is 0 Å². The second-order valence-corrected chi connectivity index (χ2v) is 6.36. The fraction of sp³-hybridized carbons (Fsp3) is 0.571. The Labute approximate surface area is 97.9 Å². The highest BCUT2D eigenvalue weighted by Gasteiger charge is 2.29. The van der Waals surface area contributed by atoms with Crippen molar-refractivity contribution >= 4 is 0 Å². The van der Waals surface area contributed by atoms with Gasteiger partial charge in [0.1, 0.15) is 0 Å². The summed E-state index contributed by atoms with van der Waals surface area (Å²) in [6, 6.07) is 3.46. The molecule has 1 rings (SSSR count). The summed E-state index contributed by atoms with van der Waals surface area (Å²) >= 11 is 0. The van der Waals surface area contributed by atoms with Gasteiger partial charge in [0.2, 0.25) is 0 Å². The number of aromatic hydroxyl groups is 2. The summed E-state index contributed by atoms with van der Waals surface area (Å²) in [5.74, 6) is -0.0298. The van der Waals surface area contributed by atoms with E-state index in [-0.39, 0.29) is 22.3 Å². The minimum absolute atomic E-state index is 0.0138. The highest BCUT2D eigenvalue weighted by molar-refractivity contribution is 5.54. The predicted molar refractivity (Wildman–Crippen MR) is 67.2 cm³/mol. The van der Waals surface area contributed by atoms with Crippen LogP contribution in [-0.4, -0.2) is 10.2 Å². The van der Waals surface area contributed by atoms with E-state index in [9.17, 15) is 10.2 Å². The third kappa shape index (κ3) is 2.31. The van der Waals surface area contributed by atoms with Crippen LogP contribution in [-0.2, 0) is 10.8 Å². The zero-order valence-electron chi connectivity index (χ0n) is 11.0. The molecule has 0 saturated carbocycles. The topological polar surface area (TPSA) is 40.5 Å². The van der Waals surface area contributed by atoms with Gasteiger partial charge in [-0.05, 0) is 22.5 Å². The first kappa shape index (κ1) is 12.9. The quantitative estimate of drug-likeness (QED) is 0.657. The first-order valence-electron chi connectivity index (χ1n) is 5.61. The van der Waals surface area contributed by atoms with Gasteiger partial charge in [0.05, 0.1) is 0 Å². The fourth-order valence-electron chi connectivity index (χ4n) is 1.96. The van der Waals surface area contributed by atoms with E-state index in [2.05, 4.69) is 20.8 Å². The zero-order valence-corrected chi connectivity index (χ0v) is 11.0. The fourth-order valence-corrected chi connectivity index (χ4v) is 1.96. The number of hydrogen-bond donors (Lipinski definition) is 2. The highest BCUT2D eigenvalue weighted by Crippen LogP contribution is 2.43. The van der Waals surface area contributed by atoms with Gasteiger partial charge in [-0.15, -0.1) is 0 Å². The van der Waals surface area contributed by atoms with Crippen LogP contribution in [0.4, 0.5) is 0 Å². The first-order chi connectivity index (χ1) is 7.05. The van der Waals surface area contributed by atoms with Crippen molar-refractivity contribution in [2.45, 2.75) is 52.4 Å². The van der Waals surface area contributed by atoms with E-state index in [1.165, 1.54) is 0 Å². The second-order valence-electron chi connectivity index (χ2n) is 6.36. The summed E-state index contributed by atoms with van der Waals surface area (Å²) in [6.07, 6.45) is 0. The van der Waals surface area contributed by atoms with E-state index in [0.717, 1.165) is 11.1 Å². The number of rotatable bonds is 0. The molecule has 0 atom stereocenters. The SMILES string of the molecule is CC(C)(C)c1ccc(O)c(O)c1C(C)(C)C. The van der Waals surface area contributed by atoms with Crippen LogP contribution in [0.5, 0.6) is 11.5 Å². The molecule has 0 fully saturated rings. The zero-order chi connectivity index (χ0) is 12.7. The van der Waals surface area contributed by atoms with Crippen molar-refractivity contribution in [3.8, 4) is 11.5 Å². The van der Waals surface area contributed by atoms with E-state index in [1.54, 1.807) is 6.07 Å². The molecule has 2 nitrogen and oxygen atoms in total. The van der Waals surface area contributed by atoms with Crippen LogP contribution in [0.25, 0.3) is 0 Å². The van der Waals surface area contributed by atoms with Gasteiger partial charge in [-0.2, -0.15) is 0 Å². The van der Waals surface area contributed by atoms with Crippen LogP contribution >= 0.6 is 0 Å². The number of hydrogen-bond acceptors (Lipinski definition) is 2. The maximum Gasteiger partial charge on any atom is 0.161 e. The molecule has 0 bridgehead atoms. The molecular weight excluding hydrogens is 200 g/mol. The summed E-state index contributed by atoms with van der Waals surface area (Å²) in [6.45, 7) is 12.4. The van der Waals surface area contributed by atoms with E-state index in [4.69, 9.17) is 0 Å². The molecule has 0 radical (unpaired) electrons. The Hall–Kier alpha value is -1.18. The van der Waals surface area contributed by atoms with Gasteiger partial charge in [0, 0.05) is 5.56 Å². The Morgan fingerprint density at radius 2 is 1.31 bits per heavy atom. The number of phenols is 2. The molecule has 0 aliphatic carbocycles. The lowest BCUT2D eigenvalue weighted by Crippen LogP contribution is -2.22.